The van der Waals surface area contributed by atoms with E-state index in [0.29, 0.717) is 29.9 Å². The van der Waals surface area contributed by atoms with E-state index in [0.717, 1.165) is 37.9 Å². The maximum atomic E-state index is 11.9. The van der Waals surface area contributed by atoms with E-state index in [2.05, 4.69) is 22.4 Å². The lowest BCUT2D eigenvalue weighted by Crippen LogP contribution is -2.25. The van der Waals surface area contributed by atoms with E-state index in [1.54, 1.807) is 0 Å². The first-order valence-corrected chi connectivity index (χ1v) is 8.12. The average Bonchev–Trinajstić information content (AvgIpc) is 3.10. The minimum atomic E-state index is 0.0504. The van der Waals surface area contributed by atoms with Crippen LogP contribution >= 0.6 is 12.2 Å². The van der Waals surface area contributed by atoms with Crippen molar-refractivity contribution in [3.8, 4) is 0 Å². The molecule has 1 aliphatic heterocycles. The highest BCUT2D eigenvalue weighted by molar-refractivity contribution is 7.71. The average molecular weight is 310 g/mol. The Balaban J connectivity index is 1.44. The van der Waals surface area contributed by atoms with E-state index in [4.69, 9.17) is 17.0 Å². The van der Waals surface area contributed by atoms with Gasteiger partial charge in [-0.05, 0) is 51.2 Å². The van der Waals surface area contributed by atoms with Gasteiger partial charge in [-0.15, -0.1) is 0 Å². The number of hydrogen-bond donors (Lipinski definition) is 2. The van der Waals surface area contributed by atoms with Crippen molar-refractivity contribution in [1.29, 1.82) is 0 Å². The van der Waals surface area contributed by atoms with Gasteiger partial charge in [0.1, 0.15) is 0 Å². The summed E-state index contributed by atoms with van der Waals surface area (Å²) in [7, 11) is 0. The molecule has 7 heteroatoms. The molecular weight excluding hydrogens is 288 g/mol. The lowest BCUT2D eigenvalue weighted by molar-refractivity contribution is -0.122. The van der Waals surface area contributed by atoms with Gasteiger partial charge in [0.05, 0.1) is 18.8 Å². The Bertz CT molecular complexity index is 564. The zero-order valence-electron chi connectivity index (χ0n) is 12.3. The standard InChI is InChI=1S/C14H22N4O2S/c1-9-2-5-11(20-9)6-7-13(19)15-8-12-16-17-14(21)18(12)10-3-4-10/h9-11H,2-8H2,1H3,(H,15,19)(H,17,21)/t9-,11+/m1/s1. The number of ether oxygens (including phenoxy) is 1. The molecule has 1 aromatic heterocycles. The van der Waals surface area contributed by atoms with E-state index in [1.807, 2.05) is 4.57 Å². The molecule has 2 fully saturated rings. The molecule has 2 atom stereocenters. The van der Waals surface area contributed by atoms with Crippen molar-refractivity contribution in [2.45, 2.75) is 70.2 Å². The van der Waals surface area contributed by atoms with Crippen LogP contribution in [-0.4, -0.2) is 32.9 Å². The second-order valence-corrected chi connectivity index (χ2v) is 6.39. The predicted octanol–water partition coefficient (Wildman–Crippen LogP) is 2.24. The van der Waals surface area contributed by atoms with Gasteiger partial charge in [-0.25, -0.2) is 0 Å². The zero-order chi connectivity index (χ0) is 14.8. The van der Waals surface area contributed by atoms with Crippen molar-refractivity contribution >= 4 is 18.1 Å². The number of aromatic nitrogens is 3. The number of hydrogen-bond acceptors (Lipinski definition) is 4. The van der Waals surface area contributed by atoms with Gasteiger partial charge in [0.2, 0.25) is 5.91 Å². The van der Waals surface area contributed by atoms with Crippen LogP contribution in [0.2, 0.25) is 0 Å². The molecule has 6 nitrogen and oxygen atoms in total. The number of nitrogens with one attached hydrogen (secondary N) is 2. The molecule has 0 aromatic carbocycles. The highest BCUT2D eigenvalue weighted by Crippen LogP contribution is 2.35. The van der Waals surface area contributed by atoms with Crippen molar-refractivity contribution in [3.63, 3.8) is 0 Å². The normalized spacial score (nSPS) is 25.2. The van der Waals surface area contributed by atoms with E-state index in [-0.39, 0.29) is 12.0 Å². The smallest absolute Gasteiger partial charge is 0.220 e. The number of nitrogens with zero attached hydrogens (tertiary/aromatic N) is 2. The summed E-state index contributed by atoms with van der Waals surface area (Å²) in [5, 5.41) is 9.94. The summed E-state index contributed by atoms with van der Waals surface area (Å²) in [6, 6.07) is 0.469. The molecule has 2 heterocycles. The van der Waals surface area contributed by atoms with Crippen LogP contribution in [0.15, 0.2) is 0 Å². The van der Waals surface area contributed by atoms with Crippen LogP contribution in [0.1, 0.15) is 57.3 Å². The number of H-pyrrole nitrogens is 1. The Morgan fingerprint density at radius 3 is 2.95 bits per heavy atom. The second kappa shape index (κ2) is 6.27. The third-order valence-electron chi connectivity index (χ3n) is 4.15. The van der Waals surface area contributed by atoms with Gasteiger partial charge in [0, 0.05) is 12.5 Å². The molecular formula is C14H22N4O2S. The van der Waals surface area contributed by atoms with Crippen molar-refractivity contribution in [3.05, 3.63) is 10.6 Å². The quantitative estimate of drug-likeness (QED) is 0.791. The number of rotatable bonds is 6. The summed E-state index contributed by atoms with van der Waals surface area (Å²) >= 11 is 5.22. The molecule has 2 aliphatic rings. The molecule has 0 unspecified atom stereocenters. The van der Waals surface area contributed by atoms with Crippen molar-refractivity contribution in [2.75, 3.05) is 0 Å². The largest absolute Gasteiger partial charge is 0.375 e. The zero-order valence-corrected chi connectivity index (χ0v) is 13.1. The van der Waals surface area contributed by atoms with Crippen LogP contribution in [0, 0.1) is 4.77 Å². The predicted molar refractivity (Wildman–Crippen MR) is 80.3 cm³/mol. The van der Waals surface area contributed by atoms with Gasteiger partial charge < -0.3 is 10.1 Å². The summed E-state index contributed by atoms with van der Waals surface area (Å²) < 4.78 is 8.39. The summed E-state index contributed by atoms with van der Waals surface area (Å²) in [5.41, 5.74) is 0. The molecule has 1 aliphatic carbocycles. The minimum absolute atomic E-state index is 0.0504. The maximum Gasteiger partial charge on any atom is 0.220 e. The Morgan fingerprint density at radius 2 is 2.29 bits per heavy atom. The molecule has 1 aromatic rings. The molecule has 116 valence electrons. The topological polar surface area (TPSA) is 71.9 Å². The summed E-state index contributed by atoms with van der Waals surface area (Å²) in [5.74, 6) is 0.871. The fourth-order valence-electron chi connectivity index (χ4n) is 2.83. The highest BCUT2D eigenvalue weighted by Gasteiger charge is 2.27. The number of carbonyl (C=O) groups is 1. The molecule has 1 amide bonds. The third kappa shape index (κ3) is 3.71. The van der Waals surface area contributed by atoms with Gasteiger partial charge in [0.15, 0.2) is 10.6 Å². The van der Waals surface area contributed by atoms with Crippen LogP contribution in [-0.2, 0) is 16.1 Å². The lowest BCUT2D eigenvalue weighted by Gasteiger charge is -2.11. The van der Waals surface area contributed by atoms with Gasteiger partial charge in [0.25, 0.3) is 0 Å². The second-order valence-electron chi connectivity index (χ2n) is 6.01. The molecule has 1 saturated carbocycles. The Morgan fingerprint density at radius 1 is 1.48 bits per heavy atom. The fourth-order valence-corrected chi connectivity index (χ4v) is 3.13. The van der Waals surface area contributed by atoms with Gasteiger partial charge in [-0.2, -0.15) is 5.10 Å². The molecule has 2 N–H and O–H groups in total. The van der Waals surface area contributed by atoms with Crippen LogP contribution in [0.4, 0.5) is 0 Å². The first-order valence-electron chi connectivity index (χ1n) is 7.71. The van der Waals surface area contributed by atoms with Crippen molar-refractivity contribution < 1.29 is 9.53 Å². The Labute approximate surface area is 129 Å². The third-order valence-corrected chi connectivity index (χ3v) is 4.43. The molecule has 0 radical (unpaired) electrons. The molecule has 0 spiro atoms. The lowest BCUT2D eigenvalue weighted by atomic mass is 10.1. The SMILES string of the molecule is C[C@@H]1CC[C@@H](CCC(=O)NCc2n[nH]c(=S)n2C2CC2)O1. The van der Waals surface area contributed by atoms with Gasteiger partial charge >= 0.3 is 0 Å². The minimum Gasteiger partial charge on any atom is -0.375 e. The van der Waals surface area contributed by atoms with Gasteiger partial charge in [-0.3, -0.25) is 14.5 Å². The molecule has 1 saturated heterocycles. The first kappa shape index (κ1) is 14.7. The van der Waals surface area contributed by atoms with Gasteiger partial charge in [-0.1, -0.05) is 0 Å². The van der Waals surface area contributed by atoms with E-state index >= 15 is 0 Å². The summed E-state index contributed by atoms with van der Waals surface area (Å²) in [6.07, 6.45) is 6.34. The van der Waals surface area contributed by atoms with Crippen LogP contribution < -0.4 is 5.32 Å². The van der Waals surface area contributed by atoms with Crippen molar-refractivity contribution in [1.82, 2.24) is 20.1 Å². The summed E-state index contributed by atoms with van der Waals surface area (Å²) in [6.45, 7) is 2.52. The van der Waals surface area contributed by atoms with E-state index in [1.165, 1.54) is 0 Å². The molecule has 3 rings (SSSR count). The van der Waals surface area contributed by atoms with E-state index < -0.39 is 0 Å². The molecule has 0 bridgehead atoms. The highest BCUT2D eigenvalue weighted by atomic mass is 32.1. The van der Waals surface area contributed by atoms with Crippen LogP contribution in [0.25, 0.3) is 0 Å². The monoisotopic (exact) mass is 310 g/mol. The van der Waals surface area contributed by atoms with Crippen LogP contribution in [0.5, 0.6) is 0 Å². The summed E-state index contributed by atoms with van der Waals surface area (Å²) in [4.78, 5) is 11.9. The number of amides is 1. The fraction of sp³-hybridized carbons (Fsp3) is 0.786. The Hall–Kier alpha value is -1.21. The number of carbonyl (C=O) groups excluding carboxylic acids is 1. The van der Waals surface area contributed by atoms with Crippen LogP contribution in [0.3, 0.4) is 0 Å². The maximum absolute atomic E-state index is 11.9. The number of aromatic amines is 1. The van der Waals surface area contributed by atoms with E-state index in [9.17, 15) is 4.79 Å². The van der Waals surface area contributed by atoms with Crippen molar-refractivity contribution in [2.24, 2.45) is 0 Å². The molecule has 21 heavy (non-hydrogen) atoms. The first-order chi connectivity index (χ1) is 10.1. The Kier molecular flexibility index (Phi) is 4.40.